The number of nitrogens with zero attached hydrogens (tertiary/aromatic N) is 3. The van der Waals surface area contributed by atoms with E-state index >= 15 is 0 Å². The maximum atomic E-state index is 9.01. The van der Waals surface area contributed by atoms with Gasteiger partial charge in [0.15, 0.2) is 0 Å². The molecule has 0 bridgehead atoms. The van der Waals surface area contributed by atoms with Crippen LogP contribution in [0.25, 0.3) is 0 Å². The zero-order valence-electron chi connectivity index (χ0n) is 13.8. The number of nitrogens with one attached hydrogen (secondary N) is 1. The largest absolute Gasteiger partial charge is 0.342 e. The lowest BCUT2D eigenvalue weighted by molar-refractivity contribution is 0.0749. The lowest BCUT2D eigenvalue weighted by Gasteiger charge is -2.45. The van der Waals surface area contributed by atoms with Crippen LogP contribution in [0.15, 0.2) is 12.3 Å². The van der Waals surface area contributed by atoms with Crippen LogP contribution in [0.4, 0.5) is 0 Å². The van der Waals surface area contributed by atoms with Gasteiger partial charge in [-0.3, -0.25) is 0 Å². The second-order valence-corrected chi connectivity index (χ2v) is 6.88. The minimum absolute atomic E-state index is 0.282. The Morgan fingerprint density at radius 2 is 2.29 bits per heavy atom. The van der Waals surface area contributed by atoms with Crippen LogP contribution in [0, 0.1) is 17.2 Å². The molecule has 0 amide bonds. The van der Waals surface area contributed by atoms with E-state index in [9.17, 15) is 0 Å². The maximum Gasteiger partial charge on any atom is 0.120 e. The minimum atomic E-state index is 0.282. The van der Waals surface area contributed by atoms with Crippen molar-refractivity contribution in [2.45, 2.75) is 44.7 Å². The van der Waals surface area contributed by atoms with Gasteiger partial charge in [-0.15, -0.1) is 0 Å². The van der Waals surface area contributed by atoms with Crippen molar-refractivity contribution in [3.8, 4) is 6.07 Å². The molecule has 2 rings (SSSR count). The van der Waals surface area contributed by atoms with Gasteiger partial charge in [0.25, 0.3) is 0 Å². The van der Waals surface area contributed by atoms with Gasteiger partial charge in [-0.05, 0) is 44.5 Å². The van der Waals surface area contributed by atoms with Crippen LogP contribution in [0.5, 0.6) is 0 Å². The molecule has 0 radical (unpaired) electrons. The topological polar surface area (TPSA) is 44.0 Å². The summed E-state index contributed by atoms with van der Waals surface area (Å²) < 4.78 is 1.89. The third-order valence-corrected chi connectivity index (χ3v) is 4.98. The van der Waals surface area contributed by atoms with Crippen LogP contribution in [-0.2, 0) is 13.6 Å². The molecular formula is C17H28N4. The quantitative estimate of drug-likeness (QED) is 0.905. The van der Waals surface area contributed by atoms with Crippen molar-refractivity contribution in [2.24, 2.45) is 13.0 Å². The molecule has 0 spiro atoms. The fourth-order valence-corrected chi connectivity index (χ4v) is 3.64. The summed E-state index contributed by atoms with van der Waals surface area (Å²) in [7, 11) is 6.33. The van der Waals surface area contributed by atoms with E-state index in [1.807, 2.05) is 23.9 Å². The maximum absolute atomic E-state index is 9.01. The summed E-state index contributed by atoms with van der Waals surface area (Å²) in [6.45, 7) is 4.22. The molecule has 1 aromatic rings. The van der Waals surface area contributed by atoms with Crippen LogP contribution < -0.4 is 5.32 Å². The van der Waals surface area contributed by atoms with Crippen molar-refractivity contribution < 1.29 is 0 Å². The van der Waals surface area contributed by atoms with Crippen LogP contribution in [0.3, 0.4) is 0 Å². The summed E-state index contributed by atoms with van der Waals surface area (Å²) >= 11 is 0. The van der Waals surface area contributed by atoms with Gasteiger partial charge in [-0.1, -0.05) is 19.8 Å². The summed E-state index contributed by atoms with van der Waals surface area (Å²) in [6, 6.07) is 4.18. The van der Waals surface area contributed by atoms with E-state index in [-0.39, 0.29) is 5.54 Å². The van der Waals surface area contributed by atoms with Gasteiger partial charge in [0, 0.05) is 31.9 Å². The van der Waals surface area contributed by atoms with Gasteiger partial charge >= 0.3 is 0 Å². The third kappa shape index (κ3) is 3.66. The summed E-state index contributed by atoms with van der Waals surface area (Å²) in [6.07, 6.45) is 7.27. The first-order valence-electron chi connectivity index (χ1n) is 7.90. The highest BCUT2D eigenvalue weighted by molar-refractivity contribution is 5.28. The molecular weight excluding hydrogens is 260 g/mol. The van der Waals surface area contributed by atoms with E-state index in [2.05, 4.69) is 37.3 Å². The molecule has 1 aliphatic rings. The van der Waals surface area contributed by atoms with Crippen LogP contribution in [0.2, 0.25) is 0 Å². The van der Waals surface area contributed by atoms with Crippen LogP contribution >= 0.6 is 0 Å². The molecule has 0 saturated heterocycles. The second kappa shape index (κ2) is 6.64. The second-order valence-electron chi connectivity index (χ2n) is 6.88. The van der Waals surface area contributed by atoms with Crippen molar-refractivity contribution in [1.82, 2.24) is 14.8 Å². The molecule has 0 aliphatic heterocycles. The molecule has 4 nitrogen and oxygen atoms in total. The molecule has 0 aromatic carbocycles. The number of hydrogen-bond acceptors (Lipinski definition) is 3. The van der Waals surface area contributed by atoms with Crippen LogP contribution in [0.1, 0.15) is 43.9 Å². The molecule has 2 unspecified atom stereocenters. The monoisotopic (exact) mass is 288 g/mol. The lowest BCUT2D eigenvalue weighted by atomic mass is 9.75. The summed E-state index contributed by atoms with van der Waals surface area (Å²) in [5, 5.41) is 12.6. The Balaban J connectivity index is 1.95. The van der Waals surface area contributed by atoms with E-state index in [4.69, 9.17) is 5.26 Å². The Hall–Kier alpha value is -1.31. The van der Waals surface area contributed by atoms with Crippen molar-refractivity contribution in [3.05, 3.63) is 23.5 Å². The van der Waals surface area contributed by atoms with E-state index in [0.717, 1.165) is 24.7 Å². The summed E-state index contributed by atoms with van der Waals surface area (Å²) in [5.41, 5.74) is 2.19. The van der Waals surface area contributed by atoms with Gasteiger partial charge in [0.05, 0.1) is 0 Å². The van der Waals surface area contributed by atoms with Gasteiger partial charge in [0.2, 0.25) is 0 Å². The molecule has 1 aliphatic carbocycles. The number of aryl methyl sites for hydroxylation is 1. The number of aromatic nitrogens is 1. The van der Waals surface area contributed by atoms with Crippen LogP contribution in [-0.4, -0.2) is 35.6 Å². The molecule has 116 valence electrons. The first-order chi connectivity index (χ1) is 9.97. The van der Waals surface area contributed by atoms with Gasteiger partial charge in [-0.25, -0.2) is 0 Å². The highest BCUT2D eigenvalue weighted by Gasteiger charge is 2.36. The van der Waals surface area contributed by atoms with Crippen molar-refractivity contribution in [3.63, 3.8) is 0 Å². The molecule has 1 N–H and O–H groups in total. The van der Waals surface area contributed by atoms with Crippen molar-refractivity contribution in [1.29, 1.82) is 5.26 Å². The highest BCUT2D eigenvalue weighted by Crippen LogP contribution is 2.35. The fourth-order valence-electron chi connectivity index (χ4n) is 3.64. The molecule has 2 atom stereocenters. The standard InChI is InChI=1S/C17H28N4/c1-14-6-5-7-17(9-14,20(2)3)13-19-11-15-8-16(10-18)21(4)12-15/h8,12,14,19H,5-7,9,11,13H2,1-4H3. The van der Waals surface area contributed by atoms with Gasteiger partial charge in [0.1, 0.15) is 11.8 Å². The molecule has 4 heteroatoms. The Morgan fingerprint density at radius 3 is 2.86 bits per heavy atom. The number of nitriles is 1. The van der Waals surface area contributed by atoms with Gasteiger partial charge < -0.3 is 14.8 Å². The predicted octanol–water partition coefficient (Wildman–Crippen LogP) is 2.50. The molecule has 1 saturated carbocycles. The third-order valence-electron chi connectivity index (χ3n) is 4.98. The summed E-state index contributed by atoms with van der Waals surface area (Å²) in [4.78, 5) is 2.40. The Bertz CT molecular complexity index is 511. The SMILES string of the molecule is CC1CCCC(CNCc2cc(C#N)n(C)c2)(N(C)C)C1. The zero-order chi connectivity index (χ0) is 15.5. The smallest absolute Gasteiger partial charge is 0.120 e. The van der Waals surface area contributed by atoms with E-state index < -0.39 is 0 Å². The minimum Gasteiger partial charge on any atom is -0.342 e. The predicted molar refractivity (Wildman–Crippen MR) is 85.9 cm³/mol. The number of rotatable bonds is 5. The average Bonchev–Trinajstić information content (AvgIpc) is 2.79. The highest BCUT2D eigenvalue weighted by atomic mass is 15.2. The number of likely N-dealkylation sites (N-methyl/N-ethyl adjacent to an activating group) is 1. The molecule has 21 heavy (non-hydrogen) atoms. The van der Waals surface area contributed by atoms with E-state index in [0.29, 0.717) is 0 Å². The Labute approximate surface area is 128 Å². The Kier molecular flexibility index (Phi) is 5.08. The first-order valence-corrected chi connectivity index (χ1v) is 7.90. The van der Waals surface area contributed by atoms with Crippen molar-refractivity contribution in [2.75, 3.05) is 20.6 Å². The first kappa shape index (κ1) is 16.1. The van der Waals surface area contributed by atoms with E-state index in [1.54, 1.807) is 0 Å². The molecule has 1 fully saturated rings. The molecule has 1 aromatic heterocycles. The lowest BCUT2D eigenvalue weighted by Crippen LogP contribution is -2.54. The molecule has 1 heterocycles. The normalized spacial score (nSPS) is 26.0. The van der Waals surface area contributed by atoms with Gasteiger partial charge in [-0.2, -0.15) is 5.26 Å². The fraction of sp³-hybridized carbons (Fsp3) is 0.706. The number of hydrogen-bond donors (Lipinski definition) is 1. The average molecular weight is 288 g/mol. The summed E-state index contributed by atoms with van der Waals surface area (Å²) in [5.74, 6) is 0.810. The van der Waals surface area contributed by atoms with Crippen molar-refractivity contribution >= 4 is 0 Å². The van der Waals surface area contributed by atoms with E-state index in [1.165, 1.54) is 31.2 Å². The Morgan fingerprint density at radius 1 is 1.52 bits per heavy atom. The zero-order valence-corrected chi connectivity index (χ0v) is 13.8.